The topological polar surface area (TPSA) is 92.9 Å². The van der Waals surface area contributed by atoms with Crippen LogP contribution in [-0.4, -0.2) is 41.0 Å². The molecule has 2 aromatic carbocycles. The van der Waals surface area contributed by atoms with Gasteiger partial charge in [-0.3, -0.25) is 19.8 Å². The number of nitro benzene ring substituents is 1. The monoisotopic (exact) mass is 442 g/mol. The molecule has 31 heavy (non-hydrogen) atoms. The van der Waals surface area contributed by atoms with Crippen LogP contribution in [0.4, 0.5) is 18.9 Å². The molecule has 170 valence electrons. The van der Waals surface area contributed by atoms with Crippen LogP contribution in [0.5, 0.6) is 5.75 Å². The molecule has 1 atom stereocenters. The van der Waals surface area contributed by atoms with E-state index in [1.165, 1.54) is 0 Å². The maximum atomic E-state index is 13.2. The number of carboxylic acids is 1. The number of benzene rings is 2. The molecule has 1 unspecified atom stereocenters. The zero-order valence-electron chi connectivity index (χ0n) is 17.4. The molecule has 0 radical (unpaired) electrons. The highest BCUT2D eigenvalue weighted by molar-refractivity contribution is 5.69. The lowest BCUT2D eigenvalue weighted by molar-refractivity contribution is -0.388. The first kappa shape index (κ1) is 25.9. The normalized spacial score (nSPS) is 12.0. The van der Waals surface area contributed by atoms with Crippen LogP contribution in [0, 0.1) is 10.1 Å². The fourth-order valence-electron chi connectivity index (χ4n) is 2.75. The van der Waals surface area contributed by atoms with Gasteiger partial charge >= 0.3 is 12.1 Å². The molecule has 0 bridgehead atoms. The van der Waals surface area contributed by atoms with Gasteiger partial charge < -0.3 is 9.84 Å². The third-order valence-electron chi connectivity index (χ3n) is 4.10. The molecule has 0 aliphatic rings. The Labute approximate surface area is 178 Å². The van der Waals surface area contributed by atoms with Gasteiger partial charge in [-0.2, -0.15) is 13.2 Å². The highest BCUT2D eigenvalue weighted by Crippen LogP contribution is 2.39. The Morgan fingerprint density at radius 2 is 1.81 bits per heavy atom. The van der Waals surface area contributed by atoms with Crippen molar-refractivity contribution >= 4 is 11.7 Å². The predicted octanol–water partition coefficient (Wildman–Crippen LogP) is 5.17. The summed E-state index contributed by atoms with van der Waals surface area (Å²) in [6.07, 6.45) is -5.28. The molecule has 0 aromatic heterocycles. The quantitative estimate of drug-likeness (QED) is 0.426. The summed E-state index contributed by atoms with van der Waals surface area (Å²) in [4.78, 5) is 22.1. The maximum absolute atomic E-state index is 13.2. The number of hydrogen-bond donors (Lipinski definition) is 1. The van der Waals surface area contributed by atoms with E-state index in [9.17, 15) is 28.1 Å². The van der Waals surface area contributed by atoms with Crippen LogP contribution in [0.15, 0.2) is 48.5 Å². The average molecular weight is 442 g/mol. The number of halogens is 3. The molecule has 10 heteroatoms. The first-order valence-electron chi connectivity index (χ1n) is 9.55. The van der Waals surface area contributed by atoms with Gasteiger partial charge in [-0.15, -0.1) is 0 Å². The fraction of sp³-hybridized carbons (Fsp3) is 0.381. The minimum atomic E-state index is -4.91. The fourth-order valence-corrected chi connectivity index (χ4v) is 2.75. The molecular formula is C21H25F3N2O5. The summed E-state index contributed by atoms with van der Waals surface area (Å²) in [5.74, 6) is -1.17. The summed E-state index contributed by atoms with van der Waals surface area (Å²) < 4.78 is 45.3. The van der Waals surface area contributed by atoms with Crippen molar-refractivity contribution in [3.05, 3.63) is 69.8 Å². The van der Waals surface area contributed by atoms with Gasteiger partial charge in [0.2, 0.25) is 0 Å². The molecule has 2 aromatic rings. The van der Waals surface area contributed by atoms with Crippen LogP contribution < -0.4 is 4.74 Å². The Balaban J connectivity index is 0.00000233. The summed E-state index contributed by atoms with van der Waals surface area (Å²) in [5.41, 5.74) is -1.76. The average Bonchev–Trinajstić information content (AvgIpc) is 2.71. The van der Waals surface area contributed by atoms with E-state index in [1.807, 2.05) is 13.8 Å². The van der Waals surface area contributed by atoms with E-state index in [0.717, 1.165) is 12.1 Å². The van der Waals surface area contributed by atoms with Crippen LogP contribution in [-0.2, 0) is 11.0 Å². The molecule has 0 amide bonds. The van der Waals surface area contributed by atoms with Crippen molar-refractivity contribution in [2.24, 2.45) is 0 Å². The predicted molar refractivity (Wildman–Crippen MR) is 109 cm³/mol. The van der Waals surface area contributed by atoms with Gasteiger partial charge in [0.15, 0.2) is 0 Å². The second kappa shape index (κ2) is 11.9. The number of nitro groups is 1. The van der Waals surface area contributed by atoms with Gasteiger partial charge in [0.25, 0.3) is 5.69 Å². The van der Waals surface area contributed by atoms with E-state index < -0.39 is 34.4 Å². The molecule has 0 aliphatic carbocycles. The minimum Gasteiger partial charge on any atom is -0.486 e. The van der Waals surface area contributed by atoms with Crippen LogP contribution in [0.3, 0.4) is 0 Å². The van der Waals surface area contributed by atoms with Crippen molar-refractivity contribution < 1.29 is 32.7 Å². The number of nitrogens with zero attached hydrogens (tertiary/aromatic N) is 2. The van der Waals surface area contributed by atoms with Crippen molar-refractivity contribution in [1.29, 1.82) is 0 Å². The lowest BCUT2D eigenvalue weighted by Gasteiger charge is -2.23. The number of likely N-dealkylation sites (N-methyl/N-ethyl adjacent to an activating group) is 1. The standard InChI is InChI=1S/C19H19F3N2O5.C2H6/c1-23(12-18(25)26)10-9-17(13-5-3-2-4-6-13)29-14-7-8-16(24(27)28)15(11-14)19(20,21)22;1-2/h2-8,11,17H,9-10,12H2,1H3,(H,25,26);1-2H3. The number of aliphatic carboxylic acids is 1. The smallest absolute Gasteiger partial charge is 0.423 e. The molecule has 0 saturated carbocycles. The van der Waals surface area contributed by atoms with Crippen LogP contribution in [0.2, 0.25) is 0 Å². The van der Waals surface area contributed by atoms with Gasteiger partial charge in [0.05, 0.1) is 11.5 Å². The van der Waals surface area contributed by atoms with E-state index >= 15 is 0 Å². The molecule has 2 rings (SSSR count). The van der Waals surface area contributed by atoms with E-state index in [-0.39, 0.29) is 12.3 Å². The highest BCUT2D eigenvalue weighted by Gasteiger charge is 2.38. The number of carbonyl (C=O) groups is 1. The van der Waals surface area contributed by atoms with Crippen LogP contribution >= 0.6 is 0 Å². The van der Waals surface area contributed by atoms with Crippen molar-refractivity contribution in [3.8, 4) is 5.75 Å². The van der Waals surface area contributed by atoms with Gasteiger partial charge in [-0.05, 0) is 24.7 Å². The van der Waals surface area contributed by atoms with E-state index in [0.29, 0.717) is 24.6 Å². The van der Waals surface area contributed by atoms with Gasteiger partial charge in [-0.25, -0.2) is 0 Å². The van der Waals surface area contributed by atoms with Crippen molar-refractivity contribution in [2.45, 2.75) is 32.5 Å². The van der Waals surface area contributed by atoms with Gasteiger partial charge in [0, 0.05) is 19.0 Å². The summed E-state index contributed by atoms with van der Waals surface area (Å²) >= 11 is 0. The number of carboxylic acid groups (broad SMARTS) is 1. The summed E-state index contributed by atoms with van der Waals surface area (Å²) in [6.45, 7) is 4.11. The molecule has 0 spiro atoms. The molecular weight excluding hydrogens is 417 g/mol. The third kappa shape index (κ3) is 8.25. The maximum Gasteiger partial charge on any atom is 0.423 e. The minimum absolute atomic E-state index is 0.169. The van der Waals surface area contributed by atoms with E-state index in [1.54, 1.807) is 42.3 Å². The van der Waals surface area contributed by atoms with E-state index in [2.05, 4.69) is 0 Å². The molecule has 1 N–H and O–H groups in total. The summed E-state index contributed by atoms with van der Waals surface area (Å²) in [7, 11) is 1.60. The van der Waals surface area contributed by atoms with Gasteiger partial charge in [0.1, 0.15) is 17.4 Å². The van der Waals surface area contributed by atoms with E-state index in [4.69, 9.17) is 9.84 Å². The van der Waals surface area contributed by atoms with Gasteiger partial charge in [-0.1, -0.05) is 44.2 Å². The Kier molecular flexibility index (Phi) is 9.94. The summed E-state index contributed by atoms with van der Waals surface area (Å²) in [5, 5.41) is 19.7. The number of alkyl halides is 3. The second-order valence-electron chi connectivity index (χ2n) is 6.37. The first-order chi connectivity index (χ1) is 14.6. The SMILES string of the molecule is CC.CN(CCC(Oc1ccc([N+](=O)[O-])c(C(F)(F)F)c1)c1ccccc1)CC(=O)O. The molecule has 0 aliphatic heterocycles. The Morgan fingerprint density at radius 3 is 2.32 bits per heavy atom. The highest BCUT2D eigenvalue weighted by atomic mass is 19.4. The lowest BCUT2D eigenvalue weighted by Crippen LogP contribution is -2.28. The van der Waals surface area contributed by atoms with Crippen molar-refractivity contribution in [3.63, 3.8) is 0 Å². The third-order valence-corrected chi connectivity index (χ3v) is 4.10. The number of rotatable bonds is 9. The zero-order valence-corrected chi connectivity index (χ0v) is 17.4. The van der Waals surface area contributed by atoms with Crippen LogP contribution in [0.25, 0.3) is 0 Å². The molecule has 7 nitrogen and oxygen atoms in total. The zero-order chi connectivity index (χ0) is 23.6. The second-order valence-corrected chi connectivity index (χ2v) is 6.37. The largest absolute Gasteiger partial charge is 0.486 e. The first-order valence-corrected chi connectivity index (χ1v) is 9.55. The van der Waals surface area contributed by atoms with Crippen LogP contribution in [0.1, 0.15) is 37.5 Å². The Hall–Kier alpha value is -3.14. The van der Waals surface area contributed by atoms with Crippen molar-refractivity contribution in [2.75, 3.05) is 20.1 Å². The molecule has 0 fully saturated rings. The Bertz CT molecular complexity index is 860. The molecule has 0 saturated heterocycles. The number of ether oxygens (including phenoxy) is 1. The van der Waals surface area contributed by atoms with Crippen molar-refractivity contribution in [1.82, 2.24) is 4.90 Å². The molecule has 0 heterocycles. The lowest BCUT2D eigenvalue weighted by atomic mass is 10.1. The summed E-state index contributed by atoms with van der Waals surface area (Å²) in [6, 6.07) is 11.2. The number of hydrogen-bond acceptors (Lipinski definition) is 5. The Morgan fingerprint density at radius 1 is 1.19 bits per heavy atom.